The zero-order valence-corrected chi connectivity index (χ0v) is 20.5. The first-order chi connectivity index (χ1) is 17.1. The lowest BCUT2D eigenvalue weighted by atomic mass is 10.1. The number of phenols is 1. The van der Waals surface area contributed by atoms with E-state index in [1.54, 1.807) is 17.5 Å². The van der Waals surface area contributed by atoms with Crippen molar-refractivity contribution < 1.29 is 33.4 Å². The highest BCUT2D eigenvalue weighted by molar-refractivity contribution is 8.26. The maximum absolute atomic E-state index is 13.4. The number of nitrogens with zero attached hydrogens (tertiary/aromatic N) is 2. The van der Waals surface area contributed by atoms with E-state index in [0.717, 1.165) is 36.0 Å². The molecule has 184 valence electrons. The first kappa shape index (κ1) is 25.4. The third kappa shape index (κ3) is 5.75. The normalized spacial score (nSPS) is 14.5. The smallest absolute Gasteiger partial charge is 0.339 e. The number of pyridine rings is 1. The lowest BCUT2D eigenvalue weighted by Crippen LogP contribution is -2.31. The zero-order valence-electron chi connectivity index (χ0n) is 18.0. The van der Waals surface area contributed by atoms with E-state index < -0.39 is 29.5 Å². The first-order valence-corrected chi connectivity index (χ1v) is 12.2. The highest BCUT2D eigenvalue weighted by Gasteiger charge is 2.32. The second-order valence-electron chi connectivity index (χ2n) is 7.41. The molecule has 3 N–H and O–H groups in total. The SMILES string of the molecule is O=C(CCN1C(=O)C(=Cc2cc(-c3cc(F)nc(F)c3)cs2)SC1=S)Nc1ccc(C(=O)O)c(O)c1. The summed E-state index contributed by atoms with van der Waals surface area (Å²) in [6, 6.07) is 7.53. The van der Waals surface area contributed by atoms with Crippen LogP contribution in [0, 0.1) is 11.9 Å². The van der Waals surface area contributed by atoms with Gasteiger partial charge in [0.2, 0.25) is 17.8 Å². The second kappa shape index (κ2) is 10.5. The third-order valence-corrected chi connectivity index (χ3v) is 7.19. The number of hydrogen-bond acceptors (Lipinski definition) is 8. The standard InChI is InChI=1S/C23H15F2N3O5S3/c24-18-6-11(7-19(25)27-18)12-5-14(35-10-12)9-17-21(31)28(23(34)36-17)4-3-20(30)26-13-1-2-15(22(32)33)16(29)8-13/h1-2,5-10,29H,3-4H2,(H,26,30)(H,32,33). The lowest BCUT2D eigenvalue weighted by molar-refractivity contribution is -0.122. The molecule has 1 aliphatic rings. The van der Waals surface area contributed by atoms with Crippen molar-refractivity contribution >= 4 is 69.2 Å². The molecule has 13 heteroatoms. The highest BCUT2D eigenvalue weighted by Crippen LogP contribution is 2.35. The number of rotatable bonds is 7. The van der Waals surface area contributed by atoms with Crippen LogP contribution in [-0.2, 0) is 9.59 Å². The number of amides is 2. The molecule has 2 aromatic heterocycles. The molecule has 36 heavy (non-hydrogen) atoms. The fourth-order valence-corrected chi connectivity index (χ4v) is 5.48. The van der Waals surface area contributed by atoms with Crippen molar-refractivity contribution in [2.24, 2.45) is 0 Å². The van der Waals surface area contributed by atoms with Gasteiger partial charge in [-0.15, -0.1) is 11.3 Å². The van der Waals surface area contributed by atoms with E-state index in [-0.39, 0.29) is 34.4 Å². The number of aromatic carboxylic acids is 1. The van der Waals surface area contributed by atoms with Crippen LogP contribution < -0.4 is 5.32 Å². The number of carboxylic acids is 1. The largest absolute Gasteiger partial charge is 0.507 e. The van der Waals surface area contributed by atoms with Gasteiger partial charge in [0, 0.05) is 41.7 Å². The monoisotopic (exact) mass is 547 g/mol. The number of carbonyl (C=O) groups excluding carboxylic acids is 2. The van der Waals surface area contributed by atoms with E-state index in [4.69, 9.17) is 17.3 Å². The van der Waals surface area contributed by atoms with Crippen LogP contribution in [-0.4, -0.2) is 48.7 Å². The van der Waals surface area contributed by atoms with Crippen molar-refractivity contribution in [3.05, 3.63) is 69.0 Å². The molecule has 0 spiro atoms. The number of carbonyl (C=O) groups is 3. The zero-order chi connectivity index (χ0) is 26.0. The first-order valence-electron chi connectivity index (χ1n) is 10.1. The molecule has 0 aliphatic carbocycles. The molecular weight excluding hydrogens is 532 g/mol. The van der Waals surface area contributed by atoms with E-state index in [2.05, 4.69) is 10.3 Å². The molecular formula is C23H15F2N3O5S3. The summed E-state index contributed by atoms with van der Waals surface area (Å²) in [5.41, 5.74) is 0.798. The van der Waals surface area contributed by atoms with Crippen LogP contribution in [0.25, 0.3) is 17.2 Å². The van der Waals surface area contributed by atoms with E-state index in [1.807, 2.05) is 0 Å². The van der Waals surface area contributed by atoms with Gasteiger partial charge in [0.15, 0.2) is 0 Å². The summed E-state index contributed by atoms with van der Waals surface area (Å²) in [6.45, 7) is 0.0122. The Morgan fingerprint density at radius 2 is 1.86 bits per heavy atom. The number of halogens is 2. The van der Waals surface area contributed by atoms with Crippen LogP contribution in [0.5, 0.6) is 5.75 Å². The predicted molar refractivity (Wildman–Crippen MR) is 136 cm³/mol. The molecule has 1 saturated heterocycles. The van der Waals surface area contributed by atoms with Gasteiger partial charge in [-0.05, 0) is 40.8 Å². The number of thiocarbonyl (C=S) groups is 1. The van der Waals surface area contributed by atoms with Crippen molar-refractivity contribution in [1.29, 1.82) is 0 Å². The third-order valence-electron chi connectivity index (χ3n) is 4.94. The van der Waals surface area contributed by atoms with Crippen molar-refractivity contribution in [1.82, 2.24) is 9.88 Å². The van der Waals surface area contributed by atoms with Crippen LogP contribution in [0.4, 0.5) is 14.5 Å². The number of aromatic hydroxyl groups is 1. The van der Waals surface area contributed by atoms with E-state index >= 15 is 0 Å². The minimum absolute atomic E-state index is 0.0122. The molecule has 0 radical (unpaired) electrons. The molecule has 1 fully saturated rings. The van der Waals surface area contributed by atoms with Crippen LogP contribution in [0.1, 0.15) is 21.7 Å². The van der Waals surface area contributed by atoms with Gasteiger partial charge < -0.3 is 15.5 Å². The fourth-order valence-electron chi connectivity index (χ4n) is 3.26. The minimum atomic E-state index is -1.30. The molecule has 3 aromatic rings. The van der Waals surface area contributed by atoms with Crippen LogP contribution in [0.15, 0.2) is 46.7 Å². The van der Waals surface area contributed by atoms with Gasteiger partial charge in [-0.1, -0.05) is 24.0 Å². The van der Waals surface area contributed by atoms with Gasteiger partial charge >= 0.3 is 5.97 Å². The van der Waals surface area contributed by atoms with Gasteiger partial charge in [-0.2, -0.15) is 13.8 Å². The fraction of sp³-hybridized carbons (Fsp3) is 0.0870. The summed E-state index contributed by atoms with van der Waals surface area (Å²) in [4.78, 5) is 41.5. The summed E-state index contributed by atoms with van der Waals surface area (Å²) >= 11 is 7.63. The molecule has 3 heterocycles. The van der Waals surface area contributed by atoms with Crippen molar-refractivity contribution in [3.8, 4) is 16.9 Å². The van der Waals surface area contributed by atoms with Gasteiger partial charge in [-0.25, -0.2) is 4.79 Å². The maximum atomic E-state index is 13.4. The number of benzene rings is 1. The topological polar surface area (TPSA) is 120 Å². The Balaban J connectivity index is 1.38. The Hall–Kier alpha value is -3.68. The van der Waals surface area contributed by atoms with E-state index in [0.29, 0.717) is 20.9 Å². The molecule has 0 bridgehead atoms. The molecule has 0 saturated carbocycles. The molecule has 8 nitrogen and oxygen atoms in total. The van der Waals surface area contributed by atoms with Crippen LogP contribution in [0.2, 0.25) is 0 Å². The molecule has 0 atom stereocenters. The number of thioether (sulfide) groups is 1. The molecule has 0 unspecified atom stereocenters. The van der Waals surface area contributed by atoms with Crippen molar-refractivity contribution in [2.75, 3.05) is 11.9 Å². The minimum Gasteiger partial charge on any atom is -0.507 e. The van der Waals surface area contributed by atoms with Crippen molar-refractivity contribution in [3.63, 3.8) is 0 Å². The number of carboxylic acid groups (broad SMARTS) is 1. The number of nitrogens with one attached hydrogen (secondary N) is 1. The highest BCUT2D eigenvalue weighted by atomic mass is 32.2. The van der Waals surface area contributed by atoms with E-state index in [9.17, 15) is 28.3 Å². The Kier molecular flexibility index (Phi) is 7.43. The summed E-state index contributed by atoms with van der Waals surface area (Å²) in [6.07, 6.45) is 1.53. The molecule has 4 rings (SSSR count). The summed E-state index contributed by atoms with van der Waals surface area (Å²) in [5.74, 6) is -4.49. The van der Waals surface area contributed by atoms with Crippen LogP contribution >= 0.6 is 35.3 Å². The Labute approximate surface area is 216 Å². The average Bonchev–Trinajstić information content (AvgIpc) is 3.36. The number of aromatic nitrogens is 1. The predicted octanol–water partition coefficient (Wildman–Crippen LogP) is 4.72. The lowest BCUT2D eigenvalue weighted by Gasteiger charge is -2.14. The number of hydrogen-bond donors (Lipinski definition) is 3. The second-order valence-corrected chi connectivity index (χ2v) is 10.0. The summed E-state index contributed by atoms with van der Waals surface area (Å²) < 4.78 is 27.1. The molecule has 2 amide bonds. The van der Waals surface area contributed by atoms with Gasteiger partial charge in [0.05, 0.1) is 4.91 Å². The van der Waals surface area contributed by atoms with Gasteiger partial charge in [0.25, 0.3) is 5.91 Å². The molecule has 1 aliphatic heterocycles. The molecule has 1 aromatic carbocycles. The maximum Gasteiger partial charge on any atom is 0.339 e. The number of anilines is 1. The van der Waals surface area contributed by atoms with Crippen molar-refractivity contribution in [2.45, 2.75) is 6.42 Å². The van der Waals surface area contributed by atoms with E-state index in [1.165, 1.54) is 22.3 Å². The van der Waals surface area contributed by atoms with Gasteiger partial charge in [-0.3, -0.25) is 14.5 Å². The average molecular weight is 548 g/mol. The quantitative estimate of drug-likeness (QED) is 0.221. The van der Waals surface area contributed by atoms with Gasteiger partial charge in [0.1, 0.15) is 15.6 Å². The summed E-state index contributed by atoms with van der Waals surface area (Å²) in [7, 11) is 0. The Morgan fingerprint density at radius 1 is 1.14 bits per heavy atom. The number of thiophene rings is 1. The van der Waals surface area contributed by atoms with Crippen LogP contribution in [0.3, 0.4) is 0 Å². The summed E-state index contributed by atoms with van der Waals surface area (Å²) in [5, 5.41) is 22.9. The Bertz CT molecular complexity index is 1420. The Morgan fingerprint density at radius 3 is 2.53 bits per heavy atom.